The van der Waals surface area contributed by atoms with E-state index in [-0.39, 0.29) is 29.5 Å². The normalized spacial score (nSPS) is 20.6. The molecule has 1 aliphatic carbocycles. The van der Waals surface area contributed by atoms with Crippen molar-refractivity contribution < 1.29 is 4.79 Å². The number of nitrogens with one attached hydrogen (secondary N) is 1. The Morgan fingerprint density at radius 2 is 2.11 bits per heavy atom. The van der Waals surface area contributed by atoms with Gasteiger partial charge in [-0.3, -0.25) is 9.59 Å². The molecule has 1 N–H and O–H groups in total. The highest BCUT2D eigenvalue weighted by molar-refractivity contribution is 5.77. The van der Waals surface area contributed by atoms with Gasteiger partial charge < -0.3 is 19.4 Å². The van der Waals surface area contributed by atoms with Crippen LogP contribution in [0.3, 0.4) is 0 Å². The number of carbonyl (C=O) groups is 1. The molecule has 1 saturated heterocycles. The van der Waals surface area contributed by atoms with Crippen molar-refractivity contribution in [3.8, 4) is 0 Å². The largest absolute Gasteiger partial charge is 0.334 e. The fourth-order valence-electron chi connectivity index (χ4n) is 4.36. The van der Waals surface area contributed by atoms with Gasteiger partial charge in [0.05, 0.1) is 6.54 Å². The summed E-state index contributed by atoms with van der Waals surface area (Å²) in [4.78, 5) is 31.7. The van der Waals surface area contributed by atoms with Gasteiger partial charge in [-0.05, 0) is 50.8 Å². The highest BCUT2D eigenvalue weighted by atomic mass is 16.2. The minimum Gasteiger partial charge on any atom is -0.334 e. The number of hydrogen-bond donors (Lipinski definition) is 1. The van der Waals surface area contributed by atoms with E-state index < -0.39 is 0 Å². The smallest absolute Gasteiger partial charge is 0.250 e. The van der Waals surface area contributed by atoms with Gasteiger partial charge in [0.15, 0.2) is 0 Å². The first-order chi connectivity index (χ1) is 13.1. The maximum atomic E-state index is 13.2. The summed E-state index contributed by atoms with van der Waals surface area (Å²) in [5, 5.41) is 3.41. The van der Waals surface area contributed by atoms with E-state index in [4.69, 9.17) is 0 Å². The lowest BCUT2D eigenvalue weighted by atomic mass is 9.93. The summed E-state index contributed by atoms with van der Waals surface area (Å²) in [6.07, 6.45) is 8.68. The Labute approximate surface area is 159 Å². The number of amides is 1. The van der Waals surface area contributed by atoms with Crippen molar-refractivity contribution in [2.24, 2.45) is 5.41 Å². The molecule has 2 aromatic heterocycles. The topological polar surface area (TPSA) is 72.2 Å². The molecule has 0 aromatic carbocycles. The van der Waals surface area contributed by atoms with E-state index in [0.717, 1.165) is 44.7 Å². The molecule has 7 nitrogen and oxygen atoms in total. The Kier molecular flexibility index (Phi) is 4.86. The zero-order valence-corrected chi connectivity index (χ0v) is 15.8. The Morgan fingerprint density at radius 3 is 2.85 bits per heavy atom. The maximum Gasteiger partial charge on any atom is 0.250 e. The number of piperidine rings is 1. The van der Waals surface area contributed by atoms with Gasteiger partial charge in [-0.1, -0.05) is 6.07 Å². The van der Waals surface area contributed by atoms with Crippen LogP contribution in [0.2, 0.25) is 0 Å². The molecule has 7 heteroatoms. The molecule has 1 aliphatic heterocycles. The number of aromatic nitrogens is 3. The van der Waals surface area contributed by atoms with Crippen LogP contribution in [0.5, 0.6) is 0 Å². The summed E-state index contributed by atoms with van der Waals surface area (Å²) in [6, 6.07) is 5.22. The van der Waals surface area contributed by atoms with Crippen molar-refractivity contribution in [2.45, 2.75) is 51.9 Å². The summed E-state index contributed by atoms with van der Waals surface area (Å²) in [6.45, 7) is 5.51. The Hall–Kier alpha value is -2.41. The van der Waals surface area contributed by atoms with Crippen LogP contribution in [0.25, 0.3) is 0 Å². The van der Waals surface area contributed by atoms with E-state index in [1.54, 1.807) is 24.5 Å². The summed E-state index contributed by atoms with van der Waals surface area (Å²) in [5.41, 5.74) is 0.0971. The van der Waals surface area contributed by atoms with E-state index in [1.165, 1.54) is 10.6 Å². The summed E-state index contributed by atoms with van der Waals surface area (Å²) in [5.74, 6) is 0.900. The van der Waals surface area contributed by atoms with Crippen molar-refractivity contribution in [1.82, 2.24) is 24.3 Å². The molecule has 1 atom stereocenters. The van der Waals surface area contributed by atoms with Crippen LogP contribution in [0.1, 0.15) is 32.0 Å². The Morgan fingerprint density at radius 1 is 1.30 bits per heavy atom. The molecule has 1 amide bonds. The number of nitrogens with zero attached hydrogens (tertiary/aromatic N) is 4. The van der Waals surface area contributed by atoms with Crippen LogP contribution in [0.15, 0.2) is 41.6 Å². The number of carbonyl (C=O) groups excluding carboxylic acids is 1. The van der Waals surface area contributed by atoms with Crippen LogP contribution in [0, 0.1) is 5.41 Å². The quantitative estimate of drug-likeness (QED) is 0.831. The van der Waals surface area contributed by atoms with Crippen LogP contribution < -0.4 is 10.9 Å². The molecule has 2 aliphatic rings. The predicted octanol–water partition coefficient (Wildman–Crippen LogP) is 1.24. The first-order valence-electron chi connectivity index (χ1n) is 9.79. The molecule has 3 heterocycles. The van der Waals surface area contributed by atoms with Crippen LogP contribution >= 0.6 is 0 Å². The molecule has 2 fully saturated rings. The van der Waals surface area contributed by atoms with E-state index in [1.807, 2.05) is 11.1 Å². The summed E-state index contributed by atoms with van der Waals surface area (Å²) in [7, 11) is 0. The number of aryl methyl sites for hydroxylation is 1. The fourth-order valence-corrected chi connectivity index (χ4v) is 4.36. The van der Waals surface area contributed by atoms with Crippen LogP contribution in [0.4, 0.5) is 0 Å². The second-order valence-corrected chi connectivity index (χ2v) is 7.65. The van der Waals surface area contributed by atoms with Crippen molar-refractivity contribution in [2.75, 3.05) is 13.1 Å². The van der Waals surface area contributed by atoms with Crippen LogP contribution in [-0.4, -0.2) is 44.1 Å². The van der Waals surface area contributed by atoms with Gasteiger partial charge in [0, 0.05) is 37.2 Å². The van der Waals surface area contributed by atoms with Gasteiger partial charge >= 0.3 is 0 Å². The lowest BCUT2D eigenvalue weighted by Gasteiger charge is -2.30. The SMILES string of the molecule is CCn1ccnc1CN(C(=O)Cn1ccccc1=O)[C@H]1CC12CCNCC2. The number of imidazole rings is 1. The molecule has 0 unspecified atom stereocenters. The Balaban J connectivity index is 1.57. The number of pyridine rings is 1. The second-order valence-electron chi connectivity index (χ2n) is 7.65. The third kappa shape index (κ3) is 3.56. The fraction of sp³-hybridized carbons (Fsp3) is 0.550. The monoisotopic (exact) mass is 369 g/mol. The third-order valence-corrected chi connectivity index (χ3v) is 6.10. The average molecular weight is 369 g/mol. The van der Waals surface area contributed by atoms with E-state index in [9.17, 15) is 9.59 Å². The lowest BCUT2D eigenvalue weighted by Crippen LogP contribution is -2.42. The first-order valence-corrected chi connectivity index (χ1v) is 9.79. The molecule has 1 saturated carbocycles. The van der Waals surface area contributed by atoms with Crippen molar-refractivity contribution in [3.63, 3.8) is 0 Å². The number of hydrogen-bond acceptors (Lipinski definition) is 4. The predicted molar refractivity (Wildman–Crippen MR) is 102 cm³/mol. The van der Waals surface area contributed by atoms with Gasteiger partial charge in [-0.2, -0.15) is 0 Å². The summed E-state index contributed by atoms with van der Waals surface area (Å²) >= 11 is 0. The molecule has 2 aromatic rings. The van der Waals surface area contributed by atoms with Gasteiger partial charge in [-0.25, -0.2) is 4.98 Å². The van der Waals surface area contributed by atoms with Crippen molar-refractivity contribution >= 4 is 5.91 Å². The minimum absolute atomic E-state index is 0.00522. The molecule has 0 radical (unpaired) electrons. The number of rotatable bonds is 6. The second kappa shape index (κ2) is 7.31. The maximum absolute atomic E-state index is 13.2. The van der Waals surface area contributed by atoms with Gasteiger partial charge in [-0.15, -0.1) is 0 Å². The van der Waals surface area contributed by atoms with Gasteiger partial charge in [0.2, 0.25) is 5.91 Å². The molecule has 144 valence electrons. The average Bonchev–Trinajstić information content (AvgIpc) is 3.15. The molecule has 1 spiro atoms. The van der Waals surface area contributed by atoms with E-state index >= 15 is 0 Å². The lowest BCUT2D eigenvalue weighted by molar-refractivity contribution is -0.134. The first kappa shape index (κ1) is 18.0. The van der Waals surface area contributed by atoms with Crippen molar-refractivity contribution in [3.05, 3.63) is 53.0 Å². The molecule has 4 rings (SSSR count). The molecular formula is C20H27N5O2. The van der Waals surface area contributed by atoms with Crippen molar-refractivity contribution in [1.29, 1.82) is 0 Å². The molecule has 0 bridgehead atoms. The van der Waals surface area contributed by atoms with Gasteiger partial charge in [0.1, 0.15) is 12.4 Å². The van der Waals surface area contributed by atoms with E-state index in [2.05, 4.69) is 21.8 Å². The molecule has 27 heavy (non-hydrogen) atoms. The Bertz CT molecular complexity index is 865. The molecular weight excluding hydrogens is 342 g/mol. The minimum atomic E-state index is -0.145. The highest BCUT2D eigenvalue weighted by Crippen LogP contribution is 2.56. The van der Waals surface area contributed by atoms with Gasteiger partial charge in [0.25, 0.3) is 5.56 Å². The third-order valence-electron chi connectivity index (χ3n) is 6.10. The zero-order valence-electron chi connectivity index (χ0n) is 15.8. The standard InChI is InChI=1S/C20H27N5O2/c1-2-23-12-10-22-17(23)14-25(16-13-20(16)6-8-21-9-7-20)19(27)15-24-11-4-3-5-18(24)26/h3-5,10-12,16,21H,2,6-9,13-15H2,1H3/t16-/m0/s1. The van der Waals surface area contributed by atoms with E-state index in [0.29, 0.717) is 6.54 Å². The summed E-state index contributed by atoms with van der Waals surface area (Å²) < 4.78 is 3.56. The zero-order chi connectivity index (χ0) is 18.9. The highest BCUT2D eigenvalue weighted by Gasteiger charge is 2.57. The van der Waals surface area contributed by atoms with Crippen LogP contribution in [-0.2, 0) is 24.4 Å².